The number of amides is 1. The number of nitro benzene ring substituents is 1. The summed E-state index contributed by atoms with van der Waals surface area (Å²) in [4.78, 5) is 32.1. The highest BCUT2D eigenvalue weighted by Crippen LogP contribution is 2.24. The van der Waals surface area contributed by atoms with E-state index in [2.05, 4.69) is 25.5 Å². The first kappa shape index (κ1) is 22.1. The van der Waals surface area contributed by atoms with Gasteiger partial charge in [-0.15, -0.1) is 0 Å². The van der Waals surface area contributed by atoms with Crippen molar-refractivity contribution in [2.75, 3.05) is 5.32 Å². The van der Waals surface area contributed by atoms with Gasteiger partial charge in [-0.1, -0.05) is 29.8 Å². The summed E-state index contributed by atoms with van der Waals surface area (Å²) in [5, 5.41) is 22.4. The molecule has 0 radical (unpaired) electrons. The van der Waals surface area contributed by atoms with Crippen LogP contribution >= 0.6 is 11.6 Å². The Labute approximate surface area is 201 Å². The second-order valence-corrected chi connectivity index (χ2v) is 7.77. The van der Waals surface area contributed by atoms with Crippen molar-refractivity contribution in [2.45, 2.75) is 6.54 Å². The molecule has 3 aromatic heterocycles. The largest absolute Gasteiger partial charge is 0.304 e. The third-order valence-corrected chi connectivity index (χ3v) is 5.46. The maximum Gasteiger partial charge on any atom is 0.275 e. The Morgan fingerprint density at radius 2 is 2.00 bits per heavy atom. The molecule has 5 rings (SSSR count). The minimum Gasteiger partial charge on any atom is -0.304 e. The number of nitrogens with zero attached hydrogens (tertiary/aromatic N) is 7. The quantitative estimate of drug-likeness (QED) is 0.280. The molecule has 3 heterocycles. The van der Waals surface area contributed by atoms with Gasteiger partial charge >= 0.3 is 0 Å². The third-order valence-electron chi connectivity index (χ3n) is 5.10. The fourth-order valence-electron chi connectivity index (χ4n) is 3.44. The standard InChI is InChI=1S/C22H14ClFN8O3/c23-16-5-2-6-17(24)15(16)11-30-8-7-20(29-30)28-21(33)19-10-18(27-22-25-12-26-31(19)22)13-3-1-4-14(9-13)32(34)35/h1-10,12H,11H2,(H,28,29,33). The Hall–Kier alpha value is -4.71. The number of hydrogen-bond acceptors (Lipinski definition) is 7. The molecule has 2 aromatic carbocycles. The normalized spacial score (nSPS) is 11.0. The zero-order valence-electron chi connectivity index (χ0n) is 17.7. The van der Waals surface area contributed by atoms with Crippen molar-refractivity contribution < 1.29 is 14.1 Å². The number of aromatic nitrogens is 6. The Morgan fingerprint density at radius 3 is 2.80 bits per heavy atom. The second-order valence-electron chi connectivity index (χ2n) is 7.36. The van der Waals surface area contributed by atoms with E-state index < -0.39 is 16.6 Å². The molecule has 0 bridgehead atoms. The van der Waals surface area contributed by atoms with E-state index in [1.807, 2.05) is 0 Å². The molecule has 0 atom stereocenters. The van der Waals surface area contributed by atoms with Crippen LogP contribution in [0.15, 0.2) is 67.1 Å². The van der Waals surface area contributed by atoms with E-state index >= 15 is 0 Å². The van der Waals surface area contributed by atoms with Gasteiger partial charge in [0.1, 0.15) is 17.8 Å². The first-order valence-corrected chi connectivity index (χ1v) is 10.5. The van der Waals surface area contributed by atoms with Crippen molar-refractivity contribution in [3.8, 4) is 11.3 Å². The lowest BCUT2D eigenvalue weighted by atomic mass is 10.1. The number of rotatable bonds is 6. The number of nitrogens with one attached hydrogen (secondary N) is 1. The maximum atomic E-state index is 14.1. The predicted molar refractivity (Wildman–Crippen MR) is 124 cm³/mol. The van der Waals surface area contributed by atoms with Gasteiger partial charge < -0.3 is 5.32 Å². The fourth-order valence-corrected chi connectivity index (χ4v) is 3.67. The third kappa shape index (κ3) is 4.42. The van der Waals surface area contributed by atoms with Crippen molar-refractivity contribution >= 4 is 34.8 Å². The van der Waals surface area contributed by atoms with Gasteiger partial charge in [-0.2, -0.15) is 19.7 Å². The molecular formula is C22H14ClFN8O3. The van der Waals surface area contributed by atoms with E-state index in [0.29, 0.717) is 11.3 Å². The summed E-state index contributed by atoms with van der Waals surface area (Å²) < 4.78 is 16.8. The van der Waals surface area contributed by atoms with Gasteiger partial charge in [0, 0.05) is 40.5 Å². The van der Waals surface area contributed by atoms with Gasteiger partial charge in [0.2, 0.25) is 0 Å². The Kier molecular flexibility index (Phi) is 5.63. The molecule has 0 spiro atoms. The van der Waals surface area contributed by atoms with E-state index in [1.165, 1.54) is 51.9 Å². The average Bonchev–Trinajstić information content (AvgIpc) is 3.50. The Bertz CT molecular complexity index is 1580. The minimum atomic E-state index is -0.566. The highest BCUT2D eigenvalue weighted by molar-refractivity contribution is 6.31. The van der Waals surface area contributed by atoms with E-state index in [4.69, 9.17) is 11.6 Å². The van der Waals surface area contributed by atoms with Gasteiger partial charge in [0.15, 0.2) is 5.82 Å². The van der Waals surface area contributed by atoms with Gasteiger partial charge in [-0.05, 0) is 18.2 Å². The number of carbonyl (C=O) groups excluding carboxylic acids is 1. The highest BCUT2D eigenvalue weighted by atomic mass is 35.5. The van der Waals surface area contributed by atoms with Crippen molar-refractivity contribution in [3.63, 3.8) is 0 Å². The number of fused-ring (bicyclic) bond motifs is 1. The molecule has 35 heavy (non-hydrogen) atoms. The van der Waals surface area contributed by atoms with Crippen LogP contribution in [0.5, 0.6) is 0 Å². The van der Waals surface area contributed by atoms with Crippen LogP contribution < -0.4 is 5.32 Å². The van der Waals surface area contributed by atoms with E-state index in [0.717, 1.165) is 0 Å². The summed E-state index contributed by atoms with van der Waals surface area (Å²) in [7, 11) is 0. The molecule has 5 aromatic rings. The number of non-ortho nitro benzene ring substituents is 1. The molecule has 11 nitrogen and oxygen atoms in total. The maximum absolute atomic E-state index is 14.1. The summed E-state index contributed by atoms with van der Waals surface area (Å²) in [5.74, 6) is -0.676. The van der Waals surface area contributed by atoms with E-state index in [9.17, 15) is 19.3 Å². The number of carbonyl (C=O) groups is 1. The van der Waals surface area contributed by atoms with Crippen LogP contribution in [0.3, 0.4) is 0 Å². The SMILES string of the molecule is O=C(Nc1ccn(Cc2c(F)cccc2Cl)n1)c1cc(-c2cccc([N+](=O)[O-])c2)nc2ncnn12. The van der Waals surface area contributed by atoms with Crippen LogP contribution in [0.4, 0.5) is 15.9 Å². The summed E-state index contributed by atoms with van der Waals surface area (Å²) in [6.07, 6.45) is 2.81. The molecule has 1 amide bonds. The summed E-state index contributed by atoms with van der Waals surface area (Å²) in [6, 6.07) is 13.3. The van der Waals surface area contributed by atoms with Crippen molar-refractivity contribution in [1.29, 1.82) is 0 Å². The van der Waals surface area contributed by atoms with Gasteiger partial charge in [-0.3, -0.25) is 19.6 Å². The lowest BCUT2D eigenvalue weighted by Crippen LogP contribution is -2.18. The molecule has 0 aliphatic heterocycles. The molecule has 174 valence electrons. The lowest BCUT2D eigenvalue weighted by Gasteiger charge is -2.08. The summed E-state index contributed by atoms with van der Waals surface area (Å²) in [6.45, 7) is 0.0703. The molecule has 0 fully saturated rings. The fraction of sp³-hybridized carbons (Fsp3) is 0.0455. The van der Waals surface area contributed by atoms with Crippen molar-refractivity contribution in [2.24, 2.45) is 0 Å². The Balaban J connectivity index is 1.43. The summed E-state index contributed by atoms with van der Waals surface area (Å²) in [5.41, 5.74) is 0.983. The first-order valence-electron chi connectivity index (χ1n) is 10.1. The lowest BCUT2D eigenvalue weighted by molar-refractivity contribution is -0.384. The highest BCUT2D eigenvalue weighted by Gasteiger charge is 2.18. The topological polar surface area (TPSA) is 133 Å². The number of hydrogen-bond donors (Lipinski definition) is 1. The Morgan fingerprint density at radius 1 is 1.17 bits per heavy atom. The van der Waals surface area contributed by atoms with Crippen LogP contribution in [0, 0.1) is 15.9 Å². The number of anilines is 1. The molecule has 13 heteroatoms. The van der Waals surface area contributed by atoms with Crippen LogP contribution in [0.1, 0.15) is 16.1 Å². The minimum absolute atomic E-state index is 0.0703. The van der Waals surface area contributed by atoms with Crippen LogP contribution in [-0.4, -0.2) is 40.2 Å². The van der Waals surface area contributed by atoms with Crippen LogP contribution in [-0.2, 0) is 6.54 Å². The van der Waals surface area contributed by atoms with E-state index in [1.54, 1.807) is 24.4 Å². The second kappa shape index (κ2) is 8.91. The van der Waals surface area contributed by atoms with Crippen molar-refractivity contribution in [1.82, 2.24) is 29.4 Å². The van der Waals surface area contributed by atoms with E-state index in [-0.39, 0.29) is 40.1 Å². The first-order chi connectivity index (χ1) is 16.9. The van der Waals surface area contributed by atoms with Crippen LogP contribution in [0.2, 0.25) is 5.02 Å². The summed E-state index contributed by atoms with van der Waals surface area (Å²) >= 11 is 6.08. The van der Waals surface area contributed by atoms with Crippen molar-refractivity contribution in [3.05, 3.63) is 99.3 Å². The average molecular weight is 493 g/mol. The predicted octanol–water partition coefficient (Wildman–Crippen LogP) is 3.99. The number of nitro groups is 1. The number of benzene rings is 2. The molecule has 0 unspecified atom stereocenters. The molecule has 0 saturated carbocycles. The molecule has 0 aliphatic rings. The molecular weight excluding hydrogens is 479 g/mol. The monoisotopic (exact) mass is 492 g/mol. The van der Waals surface area contributed by atoms with Gasteiger partial charge in [-0.25, -0.2) is 9.37 Å². The molecule has 0 aliphatic carbocycles. The van der Waals surface area contributed by atoms with Gasteiger partial charge in [0.05, 0.1) is 17.2 Å². The molecule has 0 saturated heterocycles. The van der Waals surface area contributed by atoms with Gasteiger partial charge in [0.25, 0.3) is 17.4 Å². The molecule has 1 N–H and O–H groups in total. The smallest absolute Gasteiger partial charge is 0.275 e. The zero-order valence-corrected chi connectivity index (χ0v) is 18.4. The number of halogens is 2. The zero-order chi connectivity index (χ0) is 24.5. The van der Waals surface area contributed by atoms with Crippen LogP contribution in [0.25, 0.3) is 17.0 Å².